The Bertz CT molecular complexity index is 572. The third-order valence-corrected chi connectivity index (χ3v) is 3.13. The molecule has 2 aromatic rings. The Labute approximate surface area is 104 Å². The zero-order chi connectivity index (χ0) is 12.5. The van der Waals surface area contributed by atoms with Crippen molar-refractivity contribution < 1.29 is 9.32 Å². The lowest BCUT2D eigenvalue weighted by Crippen LogP contribution is -2.41. The van der Waals surface area contributed by atoms with Crippen LogP contribution in [0.1, 0.15) is 28.5 Å². The smallest absolute Gasteiger partial charge is 0.273 e. The van der Waals surface area contributed by atoms with Crippen molar-refractivity contribution >= 4 is 5.91 Å². The molecular weight excluding hydrogens is 232 g/mol. The predicted octanol–water partition coefficient (Wildman–Crippen LogP) is 0.924. The first-order valence-electron chi connectivity index (χ1n) is 5.96. The molecule has 6 heteroatoms. The summed E-state index contributed by atoms with van der Waals surface area (Å²) in [5.41, 5.74) is 0.337. The second-order valence-corrected chi connectivity index (χ2v) is 4.53. The lowest BCUT2D eigenvalue weighted by Gasteiger charge is -2.24. The monoisotopic (exact) mass is 246 g/mol. The van der Waals surface area contributed by atoms with E-state index < -0.39 is 0 Å². The van der Waals surface area contributed by atoms with Gasteiger partial charge in [0, 0.05) is 37.5 Å². The molecule has 0 aliphatic carbocycles. The molecule has 0 bridgehead atoms. The van der Waals surface area contributed by atoms with Gasteiger partial charge in [0.15, 0.2) is 5.69 Å². The van der Waals surface area contributed by atoms with E-state index in [2.05, 4.69) is 20.0 Å². The van der Waals surface area contributed by atoms with Gasteiger partial charge in [-0.3, -0.25) is 4.79 Å². The minimum absolute atomic E-state index is 0.121. The minimum atomic E-state index is -0.180. The van der Waals surface area contributed by atoms with E-state index in [0.29, 0.717) is 11.5 Å². The van der Waals surface area contributed by atoms with Crippen molar-refractivity contribution in [3.8, 4) is 0 Å². The van der Waals surface area contributed by atoms with Gasteiger partial charge in [-0.15, -0.1) is 0 Å². The van der Waals surface area contributed by atoms with Crippen LogP contribution < -0.4 is 5.32 Å². The van der Waals surface area contributed by atoms with E-state index in [4.69, 9.17) is 4.52 Å². The molecule has 0 unspecified atom stereocenters. The number of hydrogen-bond donors (Lipinski definition) is 1. The maximum Gasteiger partial charge on any atom is 0.273 e. The highest BCUT2D eigenvalue weighted by Gasteiger charge is 2.21. The molecule has 6 nitrogen and oxygen atoms in total. The fraction of sp³-hybridized carbons (Fsp3) is 0.417. The summed E-state index contributed by atoms with van der Waals surface area (Å²) in [6, 6.07) is 1.76. The molecule has 1 aliphatic rings. The van der Waals surface area contributed by atoms with Gasteiger partial charge in [0.1, 0.15) is 11.6 Å². The number of aromatic nitrogens is 3. The molecule has 0 aromatic carbocycles. The quantitative estimate of drug-likeness (QED) is 0.855. The summed E-state index contributed by atoms with van der Waals surface area (Å²) in [5.74, 6) is 1.54. The molecule has 2 aromatic heterocycles. The number of carbonyl (C=O) groups is 1. The van der Waals surface area contributed by atoms with Crippen molar-refractivity contribution in [1.82, 2.24) is 20.0 Å². The highest BCUT2D eigenvalue weighted by Crippen LogP contribution is 2.13. The van der Waals surface area contributed by atoms with Crippen LogP contribution in [-0.4, -0.2) is 26.7 Å². The topological polar surface area (TPSA) is 73.0 Å². The van der Waals surface area contributed by atoms with Gasteiger partial charge in [-0.1, -0.05) is 5.16 Å². The zero-order valence-corrected chi connectivity index (χ0v) is 10.1. The van der Waals surface area contributed by atoms with Crippen LogP contribution in [0.25, 0.3) is 0 Å². The normalized spacial score (nSPS) is 18.4. The van der Waals surface area contributed by atoms with E-state index in [9.17, 15) is 4.79 Å². The Hall–Kier alpha value is -2.11. The summed E-state index contributed by atoms with van der Waals surface area (Å²) in [6.45, 7) is 2.53. The minimum Gasteiger partial charge on any atom is -0.361 e. The summed E-state index contributed by atoms with van der Waals surface area (Å²) in [7, 11) is 0. The average molecular weight is 246 g/mol. The van der Waals surface area contributed by atoms with Gasteiger partial charge in [0.05, 0.1) is 0 Å². The number of imidazole rings is 1. The van der Waals surface area contributed by atoms with Crippen LogP contribution >= 0.6 is 0 Å². The van der Waals surface area contributed by atoms with E-state index in [1.165, 1.54) is 0 Å². The van der Waals surface area contributed by atoms with Gasteiger partial charge in [-0.25, -0.2) is 4.98 Å². The summed E-state index contributed by atoms with van der Waals surface area (Å²) in [4.78, 5) is 16.2. The molecule has 18 heavy (non-hydrogen) atoms. The van der Waals surface area contributed by atoms with Crippen molar-refractivity contribution in [3.05, 3.63) is 35.7 Å². The number of aryl methyl sites for hydroxylation is 2. The van der Waals surface area contributed by atoms with Crippen LogP contribution in [-0.2, 0) is 13.0 Å². The van der Waals surface area contributed by atoms with E-state index in [1.54, 1.807) is 19.2 Å². The molecule has 94 valence electrons. The molecule has 0 saturated heterocycles. The maximum absolute atomic E-state index is 11.9. The van der Waals surface area contributed by atoms with Crippen LogP contribution in [0.15, 0.2) is 23.0 Å². The summed E-state index contributed by atoms with van der Waals surface area (Å²) in [5, 5.41) is 6.68. The summed E-state index contributed by atoms with van der Waals surface area (Å²) in [6.07, 6.45) is 5.52. The van der Waals surface area contributed by atoms with Crippen molar-refractivity contribution in [1.29, 1.82) is 0 Å². The number of hydrogen-bond acceptors (Lipinski definition) is 4. The maximum atomic E-state index is 11.9. The van der Waals surface area contributed by atoms with Crippen LogP contribution in [0.3, 0.4) is 0 Å². The SMILES string of the molecule is Cc1cc(C(=O)N[C@@H]2CCc3nccn3C2)no1. The van der Waals surface area contributed by atoms with Crippen LogP contribution in [0.5, 0.6) is 0 Å². The molecule has 1 amide bonds. The Morgan fingerprint density at radius 3 is 3.28 bits per heavy atom. The molecular formula is C12H14N4O2. The van der Waals surface area contributed by atoms with Gasteiger partial charge in [0.2, 0.25) is 0 Å². The van der Waals surface area contributed by atoms with Gasteiger partial charge < -0.3 is 14.4 Å². The molecule has 0 saturated carbocycles. The van der Waals surface area contributed by atoms with Gasteiger partial charge in [-0.05, 0) is 13.3 Å². The molecule has 1 atom stereocenters. The van der Waals surface area contributed by atoms with E-state index >= 15 is 0 Å². The number of rotatable bonds is 2. The van der Waals surface area contributed by atoms with Crippen molar-refractivity contribution in [3.63, 3.8) is 0 Å². The molecule has 3 rings (SSSR count). The zero-order valence-electron chi connectivity index (χ0n) is 10.1. The third-order valence-electron chi connectivity index (χ3n) is 3.13. The van der Waals surface area contributed by atoms with Gasteiger partial charge in [0.25, 0.3) is 5.91 Å². The van der Waals surface area contributed by atoms with E-state index in [0.717, 1.165) is 25.2 Å². The van der Waals surface area contributed by atoms with Crippen molar-refractivity contribution in [2.45, 2.75) is 32.4 Å². The van der Waals surface area contributed by atoms with Crippen LogP contribution in [0, 0.1) is 6.92 Å². The number of fused-ring (bicyclic) bond motifs is 1. The standard InChI is InChI=1S/C12H14N4O2/c1-8-6-10(15-18-8)12(17)14-9-2-3-11-13-4-5-16(11)7-9/h4-6,9H,2-3,7H2,1H3,(H,14,17)/t9-/m1/s1. The Morgan fingerprint density at radius 2 is 2.50 bits per heavy atom. The third kappa shape index (κ3) is 2.01. The molecule has 0 radical (unpaired) electrons. The first-order chi connectivity index (χ1) is 8.72. The number of nitrogens with zero attached hydrogens (tertiary/aromatic N) is 3. The Morgan fingerprint density at radius 1 is 1.61 bits per heavy atom. The molecule has 0 fully saturated rings. The van der Waals surface area contributed by atoms with Crippen LogP contribution in [0.2, 0.25) is 0 Å². The van der Waals surface area contributed by atoms with Gasteiger partial charge in [-0.2, -0.15) is 0 Å². The van der Waals surface area contributed by atoms with Gasteiger partial charge >= 0.3 is 0 Å². The Balaban J connectivity index is 1.66. The van der Waals surface area contributed by atoms with Crippen molar-refractivity contribution in [2.75, 3.05) is 0 Å². The van der Waals surface area contributed by atoms with E-state index in [1.807, 2.05) is 6.20 Å². The summed E-state index contributed by atoms with van der Waals surface area (Å²) >= 11 is 0. The van der Waals surface area contributed by atoms with Crippen molar-refractivity contribution in [2.24, 2.45) is 0 Å². The largest absolute Gasteiger partial charge is 0.361 e. The average Bonchev–Trinajstić information content (AvgIpc) is 2.96. The fourth-order valence-corrected chi connectivity index (χ4v) is 2.22. The second kappa shape index (κ2) is 4.29. The second-order valence-electron chi connectivity index (χ2n) is 4.53. The number of carbonyl (C=O) groups excluding carboxylic acids is 1. The highest BCUT2D eigenvalue weighted by molar-refractivity contribution is 5.92. The first kappa shape index (κ1) is 11.0. The number of amides is 1. The summed E-state index contributed by atoms with van der Waals surface area (Å²) < 4.78 is 6.96. The molecule has 1 N–H and O–H groups in total. The highest BCUT2D eigenvalue weighted by atomic mass is 16.5. The fourth-order valence-electron chi connectivity index (χ4n) is 2.22. The Kier molecular flexibility index (Phi) is 2.62. The predicted molar refractivity (Wildman–Crippen MR) is 63.0 cm³/mol. The molecule has 3 heterocycles. The molecule has 1 aliphatic heterocycles. The lowest BCUT2D eigenvalue weighted by molar-refractivity contribution is 0.0918. The van der Waals surface area contributed by atoms with Crippen LogP contribution in [0.4, 0.5) is 0 Å². The lowest BCUT2D eigenvalue weighted by atomic mass is 10.1. The molecule has 0 spiro atoms. The first-order valence-corrected chi connectivity index (χ1v) is 5.96. The number of nitrogens with one attached hydrogen (secondary N) is 1. The van der Waals surface area contributed by atoms with E-state index in [-0.39, 0.29) is 11.9 Å².